The molecule has 1 heterocycles. The van der Waals surface area contributed by atoms with E-state index in [1.165, 1.54) is 12.1 Å². The Labute approximate surface area is 242 Å². The molecular weight excluding hydrogens is 545 g/mol. The van der Waals surface area contributed by atoms with Gasteiger partial charge < -0.3 is 23.9 Å². The molecule has 0 spiro atoms. The fourth-order valence-electron chi connectivity index (χ4n) is 4.50. The number of hydrogen-bond acceptors (Lipinski definition) is 4. The number of fused-ring (bicyclic) bond motifs is 1. The number of hydrogen-bond donors (Lipinski definition) is 1. The number of carboxylic acids is 1. The van der Waals surface area contributed by atoms with Crippen molar-refractivity contribution in [2.75, 3.05) is 13.2 Å². The summed E-state index contributed by atoms with van der Waals surface area (Å²) in [7, 11) is 0. The third kappa shape index (κ3) is 7.80. The predicted molar refractivity (Wildman–Crippen MR) is 157 cm³/mol. The molecule has 0 bridgehead atoms. The highest BCUT2D eigenvalue weighted by atomic mass is 35.5. The van der Waals surface area contributed by atoms with Gasteiger partial charge in [-0.3, -0.25) is 4.79 Å². The minimum absolute atomic E-state index is 0.104. The topological polar surface area (TPSA) is 69.9 Å². The average Bonchev–Trinajstić information content (AvgIpc) is 3.29. The Morgan fingerprint density at radius 3 is 2.17 bits per heavy atom. The summed E-state index contributed by atoms with van der Waals surface area (Å²) in [6, 6.07) is 27.0. The Kier molecular flexibility index (Phi) is 9.06. The molecule has 0 aliphatic rings. The largest absolute Gasteiger partial charge is 0.493 e. The Balaban J connectivity index is 1.15. The Morgan fingerprint density at radius 2 is 1.46 bits per heavy atom. The van der Waals surface area contributed by atoms with Gasteiger partial charge in [0.1, 0.15) is 29.7 Å². The third-order valence-electron chi connectivity index (χ3n) is 6.49. The lowest BCUT2D eigenvalue weighted by molar-refractivity contribution is -0.136. The lowest BCUT2D eigenvalue weighted by Gasteiger charge is -2.11. The van der Waals surface area contributed by atoms with E-state index in [0.717, 1.165) is 22.0 Å². The van der Waals surface area contributed by atoms with Crippen LogP contribution in [0.1, 0.15) is 23.1 Å². The van der Waals surface area contributed by atoms with Gasteiger partial charge in [0.05, 0.1) is 19.6 Å². The molecule has 1 aromatic heterocycles. The number of ether oxygens (including phenoxy) is 3. The van der Waals surface area contributed by atoms with Crippen LogP contribution in [0.15, 0.2) is 97.2 Å². The van der Waals surface area contributed by atoms with Gasteiger partial charge in [-0.15, -0.1) is 0 Å². The van der Waals surface area contributed by atoms with Crippen LogP contribution in [0.3, 0.4) is 0 Å². The van der Waals surface area contributed by atoms with Crippen LogP contribution in [-0.2, 0) is 24.4 Å². The van der Waals surface area contributed by atoms with Crippen molar-refractivity contribution in [3.05, 3.63) is 125 Å². The molecule has 210 valence electrons. The maximum Gasteiger partial charge on any atom is 0.307 e. The summed E-state index contributed by atoms with van der Waals surface area (Å²) >= 11 is 5.93. The molecule has 0 amide bonds. The standard InChI is InChI=1S/C33H29ClFNO5/c34-26-9-5-24(6-10-26)22-41-29-4-1-3-28(18-29)39-15-2-16-40-30-13-14-32-31(19-30)25(17-33(37)38)21-36(32)20-23-7-11-27(35)12-8-23/h1,3-14,18-19,21H,2,15-17,20,22H2,(H,37,38). The molecule has 4 aromatic carbocycles. The summed E-state index contributed by atoms with van der Waals surface area (Å²) in [5.41, 5.74) is 3.53. The smallest absolute Gasteiger partial charge is 0.307 e. The van der Waals surface area contributed by atoms with Crippen LogP contribution in [0.5, 0.6) is 17.2 Å². The highest BCUT2D eigenvalue weighted by Crippen LogP contribution is 2.28. The SMILES string of the molecule is O=C(O)Cc1cn(Cc2ccc(F)cc2)c2ccc(OCCCOc3cccc(OCc4ccc(Cl)cc4)c3)cc12. The van der Waals surface area contributed by atoms with Crippen LogP contribution in [0.2, 0.25) is 5.02 Å². The van der Waals surface area contributed by atoms with Crippen LogP contribution in [0.4, 0.5) is 4.39 Å². The zero-order valence-electron chi connectivity index (χ0n) is 22.3. The summed E-state index contributed by atoms with van der Waals surface area (Å²) in [5, 5.41) is 10.9. The van der Waals surface area contributed by atoms with E-state index < -0.39 is 5.97 Å². The highest BCUT2D eigenvalue weighted by Gasteiger charge is 2.13. The number of carbonyl (C=O) groups is 1. The van der Waals surface area contributed by atoms with Gasteiger partial charge in [-0.2, -0.15) is 0 Å². The average molecular weight is 574 g/mol. The maximum atomic E-state index is 13.3. The number of halogens is 2. The Hall–Kier alpha value is -4.49. The molecule has 0 atom stereocenters. The van der Waals surface area contributed by atoms with E-state index in [-0.39, 0.29) is 12.2 Å². The zero-order valence-corrected chi connectivity index (χ0v) is 23.0. The molecule has 8 heteroatoms. The number of carboxylic acid groups (broad SMARTS) is 1. The van der Waals surface area contributed by atoms with Crippen molar-refractivity contribution in [1.29, 1.82) is 0 Å². The minimum Gasteiger partial charge on any atom is -0.493 e. The normalized spacial score (nSPS) is 11.0. The first-order valence-electron chi connectivity index (χ1n) is 13.2. The molecule has 0 saturated heterocycles. The summed E-state index contributed by atoms with van der Waals surface area (Å²) in [4.78, 5) is 11.5. The van der Waals surface area contributed by atoms with Crippen LogP contribution >= 0.6 is 11.6 Å². The second-order valence-corrected chi connectivity index (χ2v) is 10.0. The van der Waals surface area contributed by atoms with Gasteiger partial charge in [0, 0.05) is 41.2 Å². The molecule has 0 aliphatic heterocycles. The van der Waals surface area contributed by atoms with Crippen molar-refractivity contribution >= 4 is 28.5 Å². The number of benzene rings is 4. The third-order valence-corrected chi connectivity index (χ3v) is 6.75. The van der Waals surface area contributed by atoms with Crippen molar-refractivity contribution in [1.82, 2.24) is 4.57 Å². The number of nitrogens with zero attached hydrogens (tertiary/aromatic N) is 1. The summed E-state index contributed by atoms with van der Waals surface area (Å²) in [6.45, 7) is 1.83. The van der Waals surface area contributed by atoms with Crippen LogP contribution in [0, 0.1) is 5.82 Å². The van der Waals surface area contributed by atoms with E-state index in [0.29, 0.717) is 60.6 Å². The molecule has 5 rings (SSSR count). The van der Waals surface area contributed by atoms with E-state index in [1.54, 1.807) is 12.1 Å². The van der Waals surface area contributed by atoms with Crippen LogP contribution in [0.25, 0.3) is 10.9 Å². The molecule has 0 fully saturated rings. The van der Waals surface area contributed by atoms with E-state index in [2.05, 4.69) is 0 Å². The van der Waals surface area contributed by atoms with Gasteiger partial charge in [-0.05, 0) is 71.3 Å². The summed E-state index contributed by atoms with van der Waals surface area (Å²) in [6.07, 6.45) is 2.39. The summed E-state index contributed by atoms with van der Waals surface area (Å²) in [5.74, 6) is 0.874. The molecule has 0 unspecified atom stereocenters. The molecule has 5 aromatic rings. The van der Waals surface area contributed by atoms with Gasteiger partial charge in [-0.25, -0.2) is 4.39 Å². The summed E-state index contributed by atoms with van der Waals surface area (Å²) < 4.78 is 33.0. The minimum atomic E-state index is -0.909. The van der Waals surface area contributed by atoms with Crippen molar-refractivity contribution in [3.63, 3.8) is 0 Å². The number of aromatic nitrogens is 1. The molecule has 41 heavy (non-hydrogen) atoms. The quantitative estimate of drug-likeness (QED) is 0.147. The van der Waals surface area contributed by atoms with Gasteiger partial charge in [0.2, 0.25) is 0 Å². The predicted octanol–water partition coefficient (Wildman–Crippen LogP) is 7.54. The number of rotatable bonds is 13. The van der Waals surface area contributed by atoms with Gasteiger partial charge >= 0.3 is 5.97 Å². The fraction of sp³-hybridized carbons (Fsp3) is 0.182. The first-order valence-corrected chi connectivity index (χ1v) is 13.6. The van der Waals surface area contributed by atoms with Gasteiger partial charge in [0.25, 0.3) is 0 Å². The molecule has 0 aliphatic carbocycles. The van der Waals surface area contributed by atoms with E-state index in [9.17, 15) is 14.3 Å². The molecule has 0 radical (unpaired) electrons. The van der Waals surface area contributed by atoms with Crippen molar-refractivity contribution in [2.24, 2.45) is 0 Å². The second kappa shape index (κ2) is 13.2. The van der Waals surface area contributed by atoms with Gasteiger partial charge in [-0.1, -0.05) is 41.9 Å². The Bertz CT molecular complexity index is 1620. The maximum absolute atomic E-state index is 13.3. The lowest BCUT2D eigenvalue weighted by Crippen LogP contribution is -2.05. The van der Waals surface area contributed by atoms with Crippen LogP contribution < -0.4 is 14.2 Å². The molecule has 1 N–H and O–H groups in total. The molecule has 0 saturated carbocycles. The number of aliphatic carboxylic acids is 1. The monoisotopic (exact) mass is 573 g/mol. The van der Waals surface area contributed by atoms with Crippen molar-refractivity contribution < 1.29 is 28.5 Å². The van der Waals surface area contributed by atoms with E-state index >= 15 is 0 Å². The zero-order chi connectivity index (χ0) is 28.6. The van der Waals surface area contributed by atoms with Crippen molar-refractivity contribution in [3.8, 4) is 17.2 Å². The Morgan fingerprint density at radius 1 is 0.805 bits per heavy atom. The second-order valence-electron chi connectivity index (χ2n) is 9.60. The first kappa shape index (κ1) is 28.1. The first-order chi connectivity index (χ1) is 19.9. The lowest BCUT2D eigenvalue weighted by atomic mass is 10.1. The fourth-order valence-corrected chi connectivity index (χ4v) is 4.63. The molecular formula is C33H29ClFNO5. The highest BCUT2D eigenvalue weighted by molar-refractivity contribution is 6.30. The molecule has 6 nitrogen and oxygen atoms in total. The van der Waals surface area contributed by atoms with Gasteiger partial charge in [0.15, 0.2) is 0 Å². The van der Waals surface area contributed by atoms with Crippen molar-refractivity contribution in [2.45, 2.75) is 26.0 Å². The van der Waals surface area contributed by atoms with Crippen LogP contribution in [-0.4, -0.2) is 28.9 Å². The van der Waals surface area contributed by atoms with E-state index in [4.69, 9.17) is 25.8 Å². The van der Waals surface area contributed by atoms with E-state index in [1.807, 2.05) is 77.5 Å².